The fraction of sp³-hybridized carbons (Fsp3) is 0. The van der Waals surface area contributed by atoms with Gasteiger partial charge in [0.05, 0.1) is 10.6 Å². The van der Waals surface area contributed by atoms with Crippen molar-refractivity contribution >= 4 is 45.7 Å². The molecule has 0 fully saturated rings. The number of benzene rings is 2. The Kier molecular flexibility index (Phi) is 5.40. The van der Waals surface area contributed by atoms with Gasteiger partial charge < -0.3 is 0 Å². The van der Waals surface area contributed by atoms with Crippen molar-refractivity contribution in [2.45, 2.75) is 0 Å². The van der Waals surface area contributed by atoms with Crippen molar-refractivity contribution in [3.8, 4) is 11.3 Å². The Morgan fingerprint density at radius 1 is 1.15 bits per heavy atom. The van der Waals surface area contributed by atoms with Gasteiger partial charge >= 0.3 is 0 Å². The maximum Gasteiger partial charge on any atom is 0.269 e. The molecular formula is C18H12ClN3O3S. The van der Waals surface area contributed by atoms with Crippen LogP contribution in [0.15, 0.2) is 60.0 Å². The number of nitrogens with one attached hydrogen (secondary N) is 1. The molecule has 0 atom stereocenters. The Balaban J connectivity index is 1.63. The lowest BCUT2D eigenvalue weighted by atomic mass is 10.2. The highest BCUT2D eigenvalue weighted by Gasteiger charge is 2.07. The van der Waals surface area contributed by atoms with Crippen molar-refractivity contribution in [1.29, 1.82) is 0 Å². The van der Waals surface area contributed by atoms with Gasteiger partial charge in [0.1, 0.15) is 0 Å². The zero-order valence-electron chi connectivity index (χ0n) is 13.3. The first-order valence-corrected chi connectivity index (χ1v) is 8.72. The first kappa shape index (κ1) is 17.8. The van der Waals surface area contributed by atoms with Crippen LogP contribution in [0, 0.1) is 10.1 Å². The molecule has 0 aliphatic rings. The maximum absolute atomic E-state index is 12.0. The van der Waals surface area contributed by atoms with Gasteiger partial charge in [-0.2, -0.15) is 0 Å². The topological polar surface area (TPSA) is 85.1 Å². The molecule has 26 heavy (non-hydrogen) atoms. The molecular weight excluding hydrogens is 374 g/mol. The molecule has 8 heteroatoms. The lowest BCUT2D eigenvalue weighted by Crippen LogP contribution is -2.07. The molecule has 0 saturated heterocycles. The van der Waals surface area contributed by atoms with Crippen LogP contribution in [0.2, 0.25) is 5.02 Å². The molecule has 1 aromatic heterocycles. The number of nitro benzene ring substituents is 1. The van der Waals surface area contributed by atoms with Crippen LogP contribution in [0.25, 0.3) is 17.3 Å². The van der Waals surface area contributed by atoms with Crippen molar-refractivity contribution in [3.05, 3.63) is 80.7 Å². The van der Waals surface area contributed by atoms with E-state index in [2.05, 4.69) is 10.3 Å². The second-order valence-electron chi connectivity index (χ2n) is 5.22. The molecule has 0 aliphatic carbocycles. The fourth-order valence-corrected chi connectivity index (χ4v) is 2.96. The summed E-state index contributed by atoms with van der Waals surface area (Å²) in [4.78, 5) is 26.5. The normalized spacial score (nSPS) is 10.8. The van der Waals surface area contributed by atoms with Crippen LogP contribution >= 0.6 is 22.9 Å². The monoisotopic (exact) mass is 385 g/mol. The Bertz CT molecular complexity index is 966. The van der Waals surface area contributed by atoms with Crippen LogP contribution in [0.1, 0.15) is 5.56 Å². The Morgan fingerprint density at radius 2 is 1.85 bits per heavy atom. The molecule has 0 unspecified atom stereocenters. The third kappa shape index (κ3) is 4.53. The summed E-state index contributed by atoms with van der Waals surface area (Å²) >= 11 is 7.19. The number of anilines is 1. The van der Waals surface area contributed by atoms with E-state index in [1.54, 1.807) is 30.3 Å². The Morgan fingerprint density at radius 3 is 2.50 bits per heavy atom. The third-order valence-corrected chi connectivity index (χ3v) is 4.42. The standard InChI is InChI=1S/C18H12ClN3O3S/c19-14-6-4-13(5-7-14)16-11-26-18(20-16)21-17(23)10-3-12-1-8-15(9-2-12)22(24)25/h1-11H,(H,20,21,23)/b10-3+. The molecule has 1 heterocycles. The number of carbonyl (C=O) groups excluding carboxylic acids is 1. The van der Waals surface area contributed by atoms with Crippen LogP contribution in [0.5, 0.6) is 0 Å². The minimum Gasteiger partial charge on any atom is -0.298 e. The summed E-state index contributed by atoms with van der Waals surface area (Å²) in [6.45, 7) is 0. The minimum atomic E-state index is -0.471. The number of hydrogen-bond acceptors (Lipinski definition) is 5. The molecule has 0 bridgehead atoms. The van der Waals surface area contributed by atoms with Gasteiger partial charge in [-0.25, -0.2) is 4.98 Å². The number of non-ortho nitro benzene ring substituents is 1. The van der Waals surface area contributed by atoms with E-state index < -0.39 is 4.92 Å². The third-order valence-electron chi connectivity index (χ3n) is 3.41. The summed E-state index contributed by atoms with van der Waals surface area (Å²) in [7, 11) is 0. The molecule has 0 radical (unpaired) electrons. The molecule has 0 saturated carbocycles. The van der Waals surface area contributed by atoms with Gasteiger partial charge in [-0.05, 0) is 35.9 Å². The number of amides is 1. The first-order valence-electron chi connectivity index (χ1n) is 7.46. The summed E-state index contributed by atoms with van der Waals surface area (Å²) in [5.74, 6) is -0.333. The SMILES string of the molecule is O=C(/C=C/c1ccc([N+](=O)[O-])cc1)Nc1nc(-c2ccc(Cl)cc2)cs1. The van der Waals surface area contributed by atoms with E-state index >= 15 is 0 Å². The van der Waals surface area contributed by atoms with E-state index in [0.717, 1.165) is 11.3 Å². The van der Waals surface area contributed by atoms with E-state index in [0.29, 0.717) is 15.7 Å². The maximum atomic E-state index is 12.0. The van der Waals surface area contributed by atoms with E-state index in [9.17, 15) is 14.9 Å². The predicted octanol–water partition coefficient (Wildman–Crippen LogP) is 5.02. The number of nitro groups is 1. The Hall–Kier alpha value is -3.03. The van der Waals surface area contributed by atoms with Crippen LogP contribution in [0.4, 0.5) is 10.8 Å². The van der Waals surface area contributed by atoms with Gasteiger partial charge in [0, 0.05) is 34.2 Å². The van der Waals surface area contributed by atoms with E-state index in [1.165, 1.54) is 29.5 Å². The molecule has 2 aromatic carbocycles. The summed E-state index contributed by atoms with van der Waals surface area (Å²) in [6.07, 6.45) is 2.93. The first-order chi connectivity index (χ1) is 12.5. The lowest BCUT2D eigenvalue weighted by Gasteiger charge is -1.98. The smallest absolute Gasteiger partial charge is 0.269 e. The summed E-state index contributed by atoms with van der Waals surface area (Å²) < 4.78 is 0. The zero-order chi connectivity index (χ0) is 18.5. The van der Waals surface area contributed by atoms with Crippen LogP contribution in [-0.2, 0) is 4.79 Å². The summed E-state index contributed by atoms with van der Waals surface area (Å²) in [6, 6.07) is 13.2. The largest absolute Gasteiger partial charge is 0.298 e. The number of rotatable bonds is 5. The van der Waals surface area contributed by atoms with E-state index in [4.69, 9.17) is 11.6 Å². The fourth-order valence-electron chi connectivity index (χ4n) is 2.11. The summed E-state index contributed by atoms with van der Waals surface area (Å²) in [5, 5.41) is 16.3. The van der Waals surface area contributed by atoms with Gasteiger partial charge in [-0.3, -0.25) is 20.2 Å². The minimum absolute atomic E-state index is 0.00381. The van der Waals surface area contributed by atoms with E-state index in [1.807, 2.05) is 17.5 Å². The van der Waals surface area contributed by atoms with Crippen LogP contribution < -0.4 is 5.32 Å². The van der Waals surface area contributed by atoms with Gasteiger partial charge in [0.2, 0.25) is 5.91 Å². The molecule has 0 aliphatic heterocycles. The van der Waals surface area contributed by atoms with E-state index in [-0.39, 0.29) is 11.6 Å². The molecule has 1 N–H and O–H groups in total. The predicted molar refractivity (Wildman–Crippen MR) is 103 cm³/mol. The number of nitrogens with zero attached hydrogens (tertiary/aromatic N) is 2. The molecule has 3 rings (SSSR count). The number of thiazole rings is 1. The molecule has 6 nitrogen and oxygen atoms in total. The molecule has 1 amide bonds. The van der Waals surface area contributed by atoms with Crippen LogP contribution in [-0.4, -0.2) is 15.8 Å². The molecule has 3 aromatic rings. The molecule has 0 spiro atoms. The van der Waals surface area contributed by atoms with Crippen molar-refractivity contribution in [2.24, 2.45) is 0 Å². The second-order valence-corrected chi connectivity index (χ2v) is 6.51. The number of aromatic nitrogens is 1. The number of carbonyl (C=O) groups is 1. The summed E-state index contributed by atoms with van der Waals surface area (Å²) in [5.41, 5.74) is 2.35. The number of halogens is 1. The van der Waals surface area contributed by atoms with Crippen LogP contribution in [0.3, 0.4) is 0 Å². The van der Waals surface area contributed by atoms with Crippen molar-refractivity contribution in [1.82, 2.24) is 4.98 Å². The van der Waals surface area contributed by atoms with Crippen molar-refractivity contribution in [3.63, 3.8) is 0 Å². The highest BCUT2D eigenvalue weighted by molar-refractivity contribution is 7.14. The molecule has 130 valence electrons. The van der Waals surface area contributed by atoms with Gasteiger partial charge in [-0.15, -0.1) is 11.3 Å². The van der Waals surface area contributed by atoms with Gasteiger partial charge in [0.25, 0.3) is 5.69 Å². The number of hydrogen-bond donors (Lipinski definition) is 1. The van der Waals surface area contributed by atoms with Gasteiger partial charge in [0.15, 0.2) is 5.13 Å². The van der Waals surface area contributed by atoms with Crippen molar-refractivity contribution < 1.29 is 9.72 Å². The average molecular weight is 386 g/mol. The Labute approximate surface area is 157 Å². The van der Waals surface area contributed by atoms with Gasteiger partial charge in [-0.1, -0.05) is 23.7 Å². The second kappa shape index (κ2) is 7.90. The zero-order valence-corrected chi connectivity index (χ0v) is 14.8. The highest BCUT2D eigenvalue weighted by Crippen LogP contribution is 2.26. The quantitative estimate of drug-likeness (QED) is 0.379. The lowest BCUT2D eigenvalue weighted by molar-refractivity contribution is -0.384. The van der Waals surface area contributed by atoms with Crippen molar-refractivity contribution in [2.75, 3.05) is 5.32 Å². The average Bonchev–Trinajstić information content (AvgIpc) is 3.09. The highest BCUT2D eigenvalue weighted by atomic mass is 35.5.